The SMILES string of the molecule is C=CCC(=O)N1CCC(CCCCN)CC1. The van der Waals surface area contributed by atoms with Gasteiger partial charge in [-0.1, -0.05) is 18.9 Å². The molecule has 1 amide bonds. The Bertz CT molecular complexity index is 220. The van der Waals surface area contributed by atoms with E-state index in [4.69, 9.17) is 5.73 Å². The maximum Gasteiger partial charge on any atom is 0.226 e. The molecule has 1 saturated heterocycles. The van der Waals surface area contributed by atoms with Crippen LogP contribution in [0.1, 0.15) is 38.5 Å². The van der Waals surface area contributed by atoms with Crippen molar-refractivity contribution in [3.05, 3.63) is 12.7 Å². The largest absolute Gasteiger partial charge is 0.342 e. The van der Waals surface area contributed by atoms with Gasteiger partial charge in [-0.25, -0.2) is 0 Å². The molecule has 1 rings (SSSR count). The van der Waals surface area contributed by atoms with Crippen LogP contribution < -0.4 is 5.73 Å². The number of piperidine rings is 1. The molecule has 0 aromatic rings. The Morgan fingerprint density at radius 3 is 2.62 bits per heavy atom. The molecule has 0 atom stereocenters. The van der Waals surface area contributed by atoms with Gasteiger partial charge in [-0.2, -0.15) is 0 Å². The first-order chi connectivity index (χ1) is 7.77. The predicted molar refractivity (Wildman–Crippen MR) is 67.0 cm³/mol. The van der Waals surface area contributed by atoms with Crippen LogP contribution in [0, 0.1) is 5.92 Å². The zero-order valence-electron chi connectivity index (χ0n) is 10.2. The van der Waals surface area contributed by atoms with Gasteiger partial charge in [0, 0.05) is 19.5 Å². The number of hydrogen-bond donors (Lipinski definition) is 1. The summed E-state index contributed by atoms with van der Waals surface area (Å²) in [6.07, 6.45) is 8.15. The van der Waals surface area contributed by atoms with E-state index in [0.29, 0.717) is 6.42 Å². The normalized spacial score (nSPS) is 17.4. The van der Waals surface area contributed by atoms with E-state index in [1.54, 1.807) is 6.08 Å². The molecule has 0 aliphatic carbocycles. The zero-order valence-corrected chi connectivity index (χ0v) is 10.2. The van der Waals surface area contributed by atoms with E-state index in [9.17, 15) is 4.79 Å². The minimum atomic E-state index is 0.232. The highest BCUT2D eigenvalue weighted by molar-refractivity contribution is 5.77. The van der Waals surface area contributed by atoms with Crippen LogP contribution in [-0.2, 0) is 4.79 Å². The molecule has 3 nitrogen and oxygen atoms in total. The molecule has 1 aliphatic rings. The Labute approximate surface area is 98.7 Å². The van der Waals surface area contributed by atoms with Gasteiger partial charge in [0.15, 0.2) is 0 Å². The maximum atomic E-state index is 11.6. The van der Waals surface area contributed by atoms with Gasteiger partial charge < -0.3 is 10.6 Å². The predicted octanol–water partition coefficient (Wildman–Crippen LogP) is 1.93. The molecule has 0 saturated carbocycles. The van der Waals surface area contributed by atoms with Crippen molar-refractivity contribution in [1.82, 2.24) is 4.90 Å². The zero-order chi connectivity index (χ0) is 11.8. The molecule has 2 N–H and O–H groups in total. The van der Waals surface area contributed by atoms with E-state index in [-0.39, 0.29) is 5.91 Å². The molecular weight excluding hydrogens is 200 g/mol. The number of amides is 1. The molecule has 1 aliphatic heterocycles. The number of carbonyl (C=O) groups is 1. The standard InChI is InChI=1S/C13H24N2O/c1-2-5-13(16)15-10-7-12(8-11-15)6-3-4-9-14/h2,12H,1,3-11,14H2. The third-order valence-electron chi connectivity index (χ3n) is 3.35. The van der Waals surface area contributed by atoms with E-state index >= 15 is 0 Å². The fourth-order valence-electron chi connectivity index (χ4n) is 2.30. The Kier molecular flexibility index (Phi) is 6.16. The van der Waals surface area contributed by atoms with Gasteiger partial charge >= 0.3 is 0 Å². The minimum absolute atomic E-state index is 0.232. The molecule has 0 unspecified atom stereocenters. The van der Waals surface area contributed by atoms with Crippen molar-refractivity contribution >= 4 is 5.91 Å². The molecule has 0 aromatic heterocycles. The van der Waals surface area contributed by atoms with Gasteiger partial charge in [0.25, 0.3) is 0 Å². The summed E-state index contributed by atoms with van der Waals surface area (Å²) >= 11 is 0. The van der Waals surface area contributed by atoms with Gasteiger partial charge in [0.05, 0.1) is 0 Å². The summed E-state index contributed by atoms with van der Waals surface area (Å²) in [5.74, 6) is 1.04. The van der Waals surface area contributed by atoms with Gasteiger partial charge in [0.2, 0.25) is 5.91 Å². The van der Waals surface area contributed by atoms with Crippen molar-refractivity contribution in [1.29, 1.82) is 0 Å². The van der Waals surface area contributed by atoms with Crippen LogP contribution >= 0.6 is 0 Å². The third kappa shape index (κ3) is 4.35. The number of carbonyl (C=O) groups excluding carboxylic acids is 1. The van der Waals surface area contributed by atoms with Gasteiger partial charge in [0.1, 0.15) is 0 Å². The Morgan fingerprint density at radius 2 is 2.06 bits per heavy atom. The van der Waals surface area contributed by atoms with Crippen molar-refractivity contribution in [3.63, 3.8) is 0 Å². The Morgan fingerprint density at radius 1 is 1.38 bits per heavy atom. The first-order valence-corrected chi connectivity index (χ1v) is 6.36. The quantitative estimate of drug-likeness (QED) is 0.553. The van der Waals surface area contributed by atoms with Crippen LogP contribution in [0.3, 0.4) is 0 Å². The molecule has 1 heterocycles. The number of likely N-dealkylation sites (tertiary alicyclic amines) is 1. The van der Waals surface area contributed by atoms with Gasteiger partial charge in [-0.3, -0.25) is 4.79 Å². The molecule has 16 heavy (non-hydrogen) atoms. The van der Waals surface area contributed by atoms with Crippen LogP contribution in [-0.4, -0.2) is 30.4 Å². The first-order valence-electron chi connectivity index (χ1n) is 6.36. The number of unbranched alkanes of at least 4 members (excludes halogenated alkanes) is 1. The maximum absolute atomic E-state index is 11.6. The Balaban J connectivity index is 2.17. The lowest BCUT2D eigenvalue weighted by molar-refractivity contribution is -0.131. The molecule has 0 radical (unpaired) electrons. The van der Waals surface area contributed by atoms with Crippen molar-refractivity contribution in [3.8, 4) is 0 Å². The highest BCUT2D eigenvalue weighted by Crippen LogP contribution is 2.22. The van der Waals surface area contributed by atoms with E-state index < -0.39 is 0 Å². The molecule has 1 fully saturated rings. The number of nitrogens with zero attached hydrogens (tertiary/aromatic N) is 1. The summed E-state index contributed by atoms with van der Waals surface area (Å²) < 4.78 is 0. The molecular formula is C13H24N2O. The van der Waals surface area contributed by atoms with E-state index in [2.05, 4.69) is 6.58 Å². The lowest BCUT2D eigenvalue weighted by Gasteiger charge is -2.32. The smallest absolute Gasteiger partial charge is 0.226 e. The minimum Gasteiger partial charge on any atom is -0.342 e. The average Bonchev–Trinajstić information content (AvgIpc) is 2.30. The van der Waals surface area contributed by atoms with E-state index in [1.165, 1.54) is 12.8 Å². The molecule has 0 aromatic carbocycles. The van der Waals surface area contributed by atoms with E-state index in [1.807, 2.05) is 4.90 Å². The second kappa shape index (κ2) is 7.44. The topological polar surface area (TPSA) is 46.3 Å². The number of rotatable bonds is 6. The first kappa shape index (κ1) is 13.2. The average molecular weight is 224 g/mol. The monoisotopic (exact) mass is 224 g/mol. The van der Waals surface area contributed by atoms with Gasteiger partial charge in [-0.05, 0) is 31.7 Å². The molecule has 0 bridgehead atoms. The third-order valence-corrected chi connectivity index (χ3v) is 3.35. The lowest BCUT2D eigenvalue weighted by Crippen LogP contribution is -2.38. The molecule has 3 heteroatoms. The summed E-state index contributed by atoms with van der Waals surface area (Å²) in [6, 6.07) is 0. The van der Waals surface area contributed by atoms with E-state index in [0.717, 1.165) is 44.8 Å². The van der Waals surface area contributed by atoms with Crippen molar-refractivity contribution in [2.24, 2.45) is 11.7 Å². The lowest BCUT2D eigenvalue weighted by atomic mass is 9.91. The second-order valence-corrected chi connectivity index (χ2v) is 4.60. The summed E-state index contributed by atoms with van der Waals surface area (Å²) in [4.78, 5) is 13.6. The highest BCUT2D eigenvalue weighted by Gasteiger charge is 2.21. The Hall–Kier alpha value is -0.830. The highest BCUT2D eigenvalue weighted by atomic mass is 16.2. The van der Waals surface area contributed by atoms with Crippen LogP contribution in [0.5, 0.6) is 0 Å². The van der Waals surface area contributed by atoms with Crippen LogP contribution in [0.4, 0.5) is 0 Å². The van der Waals surface area contributed by atoms with Crippen molar-refractivity contribution in [2.75, 3.05) is 19.6 Å². The summed E-state index contributed by atoms with van der Waals surface area (Å²) in [5.41, 5.74) is 5.48. The summed E-state index contributed by atoms with van der Waals surface area (Å²) in [6.45, 7) is 6.26. The number of nitrogens with two attached hydrogens (primary N) is 1. The van der Waals surface area contributed by atoms with Crippen LogP contribution in [0.15, 0.2) is 12.7 Å². The van der Waals surface area contributed by atoms with Crippen molar-refractivity contribution < 1.29 is 4.79 Å². The van der Waals surface area contributed by atoms with Crippen LogP contribution in [0.25, 0.3) is 0 Å². The fraction of sp³-hybridized carbons (Fsp3) is 0.769. The summed E-state index contributed by atoms with van der Waals surface area (Å²) in [5, 5.41) is 0. The van der Waals surface area contributed by atoms with Crippen molar-refractivity contribution in [2.45, 2.75) is 38.5 Å². The van der Waals surface area contributed by atoms with Crippen LogP contribution in [0.2, 0.25) is 0 Å². The van der Waals surface area contributed by atoms with Gasteiger partial charge in [-0.15, -0.1) is 6.58 Å². The fourth-order valence-corrected chi connectivity index (χ4v) is 2.30. The molecule has 92 valence electrons. The number of hydrogen-bond acceptors (Lipinski definition) is 2. The summed E-state index contributed by atoms with van der Waals surface area (Å²) in [7, 11) is 0. The second-order valence-electron chi connectivity index (χ2n) is 4.60. The molecule has 0 spiro atoms.